The number of nitrogens with two attached hydrogens (primary N) is 2. The van der Waals surface area contributed by atoms with Crippen LogP contribution < -0.4 is 11.5 Å². The largest absolute Gasteiger partial charge is 0.398 e. The second-order valence-electron chi connectivity index (χ2n) is 3.09. The highest BCUT2D eigenvalue weighted by Crippen LogP contribution is 2.15. The van der Waals surface area contributed by atoms with Gasteiger partial charge in [-0.25, -0.2) is 4.68 Å². The number of hydrogen-bond acceptors (Lipinski definition) is 3. The van der Waals surface area contributed by atoms with Gasteiger partial charge in [-0.1, -0.05) is 0 Å². The smallest absolute Gasteiger partial charge is 0.250 e. The highest BCUT2D eigenvalue weighted by molar-refractivity contribution is 5.98. The van der Waals surface area contributed by atoms with Crippen LogP contribution in [0.2, 0.25) is 0 Å². The van der Waals surface area contributed by atoms with Crippen molar-refractivity contribution >= 4 is 11.6 Å². The fourth-order valence-corrected chi connectivity index (χ4v) is 1.32. The van der Waals surface area contributed by atoms with E-state index in [1.807, 2.05) is 0 Å². The van der Waals surface area contributed by atoms with Crippen molar-refractivity contribution in [3.05, 3.63) is 42.2 Å². The number of carbonyl (C=O) groups excluding carboxylic acids is 1. The fraction of sp³-hybridized carbons (Fsp3) is 0. The Morgan fingerprint density at radius 3 is 2.80 bits per heavy atom. The molecule has 15 heavy (non-hydrogen) atoms. The van der Waals surface area contributed by atoms with E-state index in [4.69, 9.17) is 11.5 Å². The normalized spacial score (nSPS) is 10.1. The molecule has 5 heteroatoms. The van der Waals surface area contributed by atoms with Gasteiger partial charge in [0, 0.05) is 18.1 Å². The molecule has 0 spiro atoms. The van der Waals surface area contributed by atoms with E-state index in [0.29, 0.717) is 11.3 Å². The Kier molecular flexibility index (Phi) is 2.13. The first-order valence-electron chi connectivity index (χ1n) is 4.38. The fourth-order valence-electron chi connectivity index (χ4n) is 1.32. The summed E-state index contributed by atoms with van der Waals surface area (Å²) in [4.78, 5) is 11.1. The van der Waals surface area contributed by atoms with Gasteiger partial charge in [-0.3, -0.25) is 4.79 Å². The zero-order valence-electron chi connectivity index (χ0n) is 7.92. The van der Waals surface area contributed by atoms with Crippen LogP contribution in [0.4, 0.5) is 5.69 Å². The molecule has 0 aliphatic heterocycles. The molecule has 1 aromatic heterocycles. The number of hydrogen-bond donors (Lipinski definition) is 2. The summed E-state index contributed by atoms with van der Waals surface area (Å²) in [5, 5.41) is 4.04. The van der Waals surface area contributed by atoms with Crippen LogP contribution in [0.3, 0.4) is 0 Å². The monoisotopic (exact) mass is 202 g/mol. The Bertz CT molecular complexity index is 490. The molecule has 1 aromatic carbocycles. The van der Waals surface area contributed by atoms with E-state index in [2.05, 4.69) is 5.10 Å². The van der Waals surface area contributed by atoms with Crippen LogP contribution in [-0.2, 0) is 0 Å². The van der Waals surface area contributed by atoms with Gasteiger partial charge in [0.2, 0.25) is 0 Å². The Morgan fingerprint density at radius 2 is 2.20 bits per heavy atom. The van der Waals surface area contributed by atoms with Crippen molar-refractivity contribution < 1.29 is 4.79 Å². The van der Waals surface area contributed by atoms with Crippen LogP contribution >= 0.6 is 0 Å². The average Bonchev–Trinajstić information content (AvgIpc) is 2.71. The van der Waals surface area contributed by atoms with Gasteiger partial charge in [-0.2, -0.15) is 5.10 Å². The first-order chi connectivity index (χ1) is 7.18. The number of carbonyl (C=O) groups is 1. The molecule has 0 atom stereocenters. The van der Waals surface area contributed by atoms with Crippen LogP contribution in [0.15, 0.2) is 36.7 Å². The van der Waals surface area contributed by atoms with Crippen molar-refractivity contribution in [2.45, 2.75) is 0 Å². The third kappa shape index (κ3) is 1.67. The van der Waals surface area contributed by atoms with Gasteiger partial charge in [0.1, 0.15) is 0 Å². The lowest BCUT2D eigenvalue weighted by Gasteiger charge is -2.05. The molecule has 0 unspecified atom stereocenters. The summed E-state index contributed by atoms with van der Waals surface area (Å²) >= 11 is 0. The zero-order valence-corrected chi connectivity index (χ0v) is 7.92. The van der Waals surface area contributed by atoms with Gasteiger partial charge >= 0.3 is 0 Å². The molecule has 0 aliphatic rings. The predicted octanol–water partition coefficient (Wildman–Crippen LogP) is 0.553. The molecule has 2 rings (SSSR count). The molecule has 2 aromatic rings. The molecule has 76 valence electrons. The first kappa shape index (κ1) is 9.26. The summed E-state index contributed by atoms with van der Waals surface area (Å²) < 4.78 is 1.63. The molecule has 1 amide bonds. The van der Waals surface area contributed by atoms with Gasteiger partial charge in [-0.05, 0) is 24.3 Å². The van der Waals surface area contributed by atoms with Crippen molar-refractivity contribution in [3.8, 4) is 5.69 Å². The molecule has 0 bridgehead atoms. The maximum Gasteiger partial charge on any atom is 0.250 e. The number of benzene rings is 1. The van der Waals surface area contributed by atoms with Crippen molar-refractivity contribution in [1.29, 1.82) is 0 Å². The molecule has 0 radical (unpaired) electrons. The molecule has 1 heterocycles. The minimum Gasteiger partial charge on any atom is -0.398 e. The lowest BCUT2D eigenvalue weighted by Crippen LogP contribution is -2.14. The van der Waals surface area contributed by atoms with E-state index < -0.39 is 5.91 Å². The SMILES string of the molecule is NC(=O)c1cc(-n2cccn2)ccc1N. The van der Waals surface area contributed by atoms with E-state index in [9.17, 15) is 4.79 Å². The van der Waals surface area contributed by atoms with Crippen LogP contribution in [0.5, 0.6) is 0 Å². The van der Waals surface area contributed by atoms with Gasteiger partial charge in [0.05, 0.1) is 11.3 Å². The standard InChI is InChI=1S/C10H10N4O/c11-9-3-2-7(6-8(9)10(12)15)14-5-1-4-13-14/h1-6H,11H2,(H2,12,15). The van der Waals surface area contributed by atoms with E-state index in [0.717, 1.165) is 5.69 Å². The summed E-state index contributed by atoms with van der Waals surface area (Å²) in [5.74, 6) is -0.540. The lowest BCUT2D eigenvalue weighted by molar-refractivity contribution is 0.100. The van der Waals surface area contributed by atoms with Crippen molar-refractivity contribution in [2.24, 2.45) is 5.73 Å². The highest BCUT2D eigenvalue weighted by atomic mass is 16.1. The number of nitrogens with zero attached hydrogens (tertiary/aromatic N) is 2. The molecule has 0 saturated heterocycles. The third-order valence-electron chi connectivity index (χ3n) is 2.07. The van der Waals surface area contributed by atoms with Crippen LogP contribution in [0.1, 0.15) is 10.4 Å². The molecule has 0 aliphatic carbocycles. The summed E-state index contributed by atoms with van der Waals surface area (Å²) in [6, 6.07) is 6.82. The maximum atomic E-state index is 11.1. The molecular formula is C10H10N4O. The van der Waals surface area contributed by atoms with E-state index in [-0.39, 0.29) is 0 Å². The summed E-state index contributed by atoms with van der Waals surface area (Å²) in [6.07, 6.45) is 3.43. The van der Waals surface area contributed by atoms with Crippen LogP contribution in [0.25, 0.3) is 5.69 Å². The summed E-state index contributed by atoms with van der Waals surface area (Å²) in [5.41, 5.74) is 12.2. The van der Waals surface area contributed by atoms with Crippen molar-refractivity contribution in [2.75, 3.05) is 5.73 Å². The number of amides is 1. The number of primary amides is 1. The van der Waals surface area contributed by atoms with Gasteiger partial charge in [0.15, 0.2) is 0 Å². The lowest BCUT2D eigenvalue weighted by atomic mass is 10.1. The number of rotatable bonds is 2. The van der Waals surface area contributed by atoms with E-state index >= 15 is 0 Å². The van der Waals surface area contributed by atoms with Crippen LogP contribution in [0, 0.1) is 0 Å². The predicted molar refractivity (Wildman–Crippen MR) is 56.5 cm³/mol. The molecular weight excluding hydrogens is 192 g/mol. The Balaban J connectivity index is 2.52. The topological polar surface area (TPSA) is 86.9 Å². The highest BCUT2D eigenvalue weighted by Gasteiger charge is 2.07. The van der Waals surface area contributed by atoms with Gasteiger partial charge in [0.25, 0.3) is 5.91 Å². The Morgan fingerprint density at radius 1 is 1.40 bits per heavy atom. The van der Waals surface area contributed by atoms with Gasteiger partial charge in [-0.15, -0.1) is 0 Å². The molecule has 0 fully saturated rings. The quantitative estimate of drug-likeness (QED) is 0.697. The third-order valence-corrected chi connectivity index (χ3v) is 2.07. The number of anilines is 1. The second kappa shape index (κ2) is 3.45. The maximum absolute atomic E-state index is 11.1. The van der Waals surface area contributed by atoms with Crippen LogP contribution in [-0.4, -0.2) is 15.7 Å². The number of aromatic nitrogens is 2. The number of nitrogen functional groups attached to an aromatic ring is 1. The molecule has 0 saturated carbocycles. The first-order valence-corrected chi connectivity index (χ1v) is 4.38. The van der Waals surface area contributed by atoms with Crippen molar-refractivity contribution in [3.63, 3.8) is 0 Å². The Labute approximate surface area is 86.3 Å². The van der Waals surface area contributed by atoms with E-state index in [1.165, 1.54) is 0 Å². The molecule has 4 N–H and O–H groups in total. The summed E-state index contributed by atoms with van der Waals surface area (Å²) in [6.45, 7) is 0. The average molecular weight is 202 g/mol. The Hall–Kier alpha value is -2.30. The molecule has 5 nitrogen and oxygen atoms in total. The zero-order chi connectivity index (χ0) is 10.8. The minimum atomic E-state index is -0.540. The van der Waals surface area contributed by atoms with Gasteiger partial charge < -0.3 is 11.5 Å². The van der Waals surface area contributed by atoms with E-state index in [1.54, 1.807) is 41.3 Å². The van der Waals surface area contributed by atoms with Crippen molar-refractivity contribution in [1.82, 2.24) is 9.78 Å². The second-order valence-corrected chi connectivity index (χ2v) is 3.09. The minimum absolute atomic E-state index is 0.308. The summed E-state index contributed by atoms with van der Waals surface area (Å²) in [7, 11) is 0.